The standard InChI is InChI=1S/C25H33N3O5S/c1-24-7-6-20(30)25(2,12-29)19(24)10-18-22(28-23(26-3)34-18)15(24)9-21(31)27-11-14-4-5-16-17(8-14)33-13-32-16/h4-5,8,15,19-20,29-30H,6-7,9-13H2,1-3H3,(H,26,28)(H,27,31). The van der Waals surface area contributed by atoms with Gasteiger partial charge in [0, 0.05) is 36.2 Å². The molecule has 1 aromatic carbocycles. The van der Waals surface area contributed by atoms with Crippen LogP contribution in [0.3, 0.4) is 0 Å². The van der Waals surface area contributed by atoms with Crippen LogP contribution in [-0.2, 0) is 17.8 Å². The van der Waals surface area contributed by atoms with E-state index in [4.69, 9.17) is 14.5 Å². The number of nitrogens with one attached hydrogen (secondary N) is 2. The summed E-state index contributed by atoms with van der Waals surface area (Å²) in [5.41, 5.74) is 1.07. The summed E-state index contributed by atoms with van der Waals surface area (Å²) in [5.74, 6) is 1.35. The number of ether oxygens (including phenoxy) is 2. The van der Waals surface area contributed by atoms with E-state index in [-0.39, 0.29) is 36.6 Å². The summed E-state index contributed by atoms with van der Waals surface area (Å²) in [4.78, 5) is 19.2. The van der Waals surface area contributed by atoms with Crippen molar-refractivity contribution in [2.24, 2.45) is 16.7 Å². The molecule has 1 saturated carbocycles. The first-order valence-corrected chi connectivity index (χ1v) is 12.7. The number of aromatic nitrogens is 1. The third-order valence-corrected chi connectivity index (χ3v) is 9.53. The molecule has 2 heterocycles. The second kappa shape index (κ2) is 8.70. The zero-order chi connectivity index (χ0) is 24.1. The predicted molar refractivity (Wildman–Crippen MR) is 129 cm³/mol. The van der Waals surface area contributed by atoms with Gasteiger partial charge >= 0.3 is 0 Å². The van der Waals surface area contributed by atoms with Crippen LogP contribution in [0.15, 0.2) is 18.2 Å². The summed E-state index contributed by atoms with van der Waals surface area (Å²) in [6.07, 6.45) is 1.91. The van der Waals surface area contributed by atoms with Gasteiger partial charge in [-0.15, -0.1) is 11.3 Å². The Morgan fingerprint density at radius 3 is 2.85 bits per heavy atom. The molecule has 0 saturated heterocycles. The Morgan fingerprint density at radius 2 is 2.09 bits per heavy atom. The SMILES string of the molecule is CNc1nc2c(s1)CC1C(C)(CO)C(O)CCC1(C)C2CC(=O)NCc1ccc2c(c1)OCO2. The molecule has 184 valence electrons. The zero-order valence-electron chi connectivity index (χ0n) is 19.9. The lowest BCUT2D eigenvalue weighted by Crippen LogP contribution is -2.57. The van der Waals surface area contributed by atoms with Crippen molar-refractivity contribution in [1.82, 2.24) is 10.3 Å². The van der Waals surface area contributed by atoms with Crippen molar-refractivity contribution in [2.75, 3.05) is 25.8 Å². The lowest BCUT2D eigenvalue weighted by Gasteiger charge is -2.58. The number of thiazole rings is 1. The van der Waals surface area contributed by atoms with Gasteiger partial charge in [0.05, 0.1) is 18.4 Å². The van der Waals surface area contributed by atoms with Crippen molar-refractivity contribution in [2.45, 2.75) is 58.1 Å². The first kappa shape index (κ1) is 23.4. The number of nitrogens with zero attached hydrogens (tertiary/aromatic N) is 1. The molecule has 2 aromatic rings. The van der Waals surface area contributed by atoms with Gasteiger partial charge in [-0.2, -0.15) is 0 Å². The molecule has 5 unspecified atom stereocenters. The van der Waals surface area contributed by atoms with Gasteiger partial charge in [-0.1, -0.05) is 19.9 Å². The summed E-state index contributed by atoms with van der Waals surface area (Å²) >= 11 is 1.61. The fourth-order valence-corrected chi connectivity index (χ4v) is 7.28. The number of fused-ring (bicyclic) bond motifs is 3. The molecule has 8 nitrogen and oxygen atoms in total. The van der Waals surface area contributed by atoms with Gasteiger partial charge in [-0.3, -0.25) is 4.79 Å². The first-order valence-electron chi connectivity index (χ1n) is 11.9. The zero-order valence-corrected chi connectivity index (χ0v) is 20.7. The largest absolute Gasteiger partial charge is 0.454 e. The van der Waals surface area contributed by atoms with Crippen LogP contribution in [0.4, 0.5) is 5.13 Å². The molecule has 1 fully saturated rings. The average molecular weight is 488 g/mol. The molecule has 34 heavy (non-hydrogen) atoms. The topological polar surface area (TPSA) is 113 Å². The van der Waals surface area contributed by atoms with E-state index in [1.165, 1.54) is 0 Å². The number of carbonyl (C=O) groups excluding carboxylic acids is 1. The highest BCUT2D eigenvalue weighted by Gasteiger charge is 2.59. The average Bonchev–Trinajstić information content (AvgIpc) is 3.47. The summed E-state index contributed by atoms with van der Waals surface area (Å²) in [5, 5.41) is 28.2. The summed E-state index contributed by atoms with van der Waals surface area (Å²) in [7, 11) is 1.85. The fourth-order valence-electron chi connectivity index (χ4n) is 6.26. The molecule has 1 aliphatic heterocycles. The molecule has 3 aliphatic rings. The smallest absolute Gasteiger partial charge is 0.231 e. The van der Waals surface area contributed by atoms with Crippen LogP contribution in [-0.4, -0.2) is 47.7 Å². The van der Waals surface area contributed by atoms with Crippen LogP contribution in [0, 0.1) is 16.7 Å². The molecular weight excluding hydrogens is 454 g/mol. The minimum absolute atomic E-state index is 0.0358. The highest BCUT2D eigenvalue weighted by atomic mass is 32.1. The molecule has 0 spiro atoms. The molecule has 1 aromatic heterocycles. The summed E-state index contributed by atoms with van der Waals surface area (Å²) in [6, 6.07) is 5.69. The maximum absolute atomic E-state index is 13.2. The molecule has 0 bridgehead atoms. The Morgan fingerprint density at radius 1 is 1.29 bits per heavy atom. The Labute approximate surface area is 203 Å². The third-order valence-electron chi connectivity index (χ3n) is 8.42. The molecule has 4 N–H and O–H groups in total. The highest BCUT2D eigenvalue weighted by molar-refractivity contribution is 7.15. The molecule has 1 amide bonds. The van der Waals surface area contributed by atoms with Crippen LogP contribution in [0.25, 0.3) is 0 Å². The second-order valence-electron chi connectivity index (χ2n) is 10.3. The van der Waals surface area contributed by atoms with E-state index in [0.29, 0.717) is 25.1 Å². The van der Waals surface area contributed by atoms with Gasteiger partial charge in [-0.05, 0) is 48.3 Å². The highest BCUT2D eigenvalue weighted by Crippen LogP contribution is 2.62. The monoisotopic (exact) mass is 487 g/mol. The lowest BCUT2D eigenvalue weighted by molar-refractivity contribution is -0.144. The maximum atomic E-state index is 13.2. The normalized spacial score (nSPS) is 31.5. The van der Waals surface area contributed by atoms with Gasteiger partial charge < -0.3 is 30.3 Å². The van der Waals surface area contributed by atoms with E-state index >= 15 is 0 Å². The van der Waals surface area contributed by atoms with Crippen molar-refractivity contribution < 1.29 is 24.5 Å². The first-order chi connectivity index (χ1) is 16.3. The summed E-state index contributed by atoms with van der Waals surface area (Å²) in [6.45, 7) is 4.75. The minimum Gasteiger partial charge on any atom is -0.454 e. The van der Waals surface area contributed by atoms with Gasteiger partial charge in [0.25, 0.3) is 0 Å². The van der Waals surface area contributed by atoms with Gasteiger partial charge in [-0.25, -0.2) is 4.98 Å². The predicted octanol–water partition coefficient (Wildman–Crippen LogP) is 3.04. The number of aliphatic hydroxyl groups is 2. The van der Waals surface area contributed by atoms with Crippen molar-refractivity contribution in [3.8, 4) is 11.5 Å². The number of amides is 1. The molecule has 9 heteroatoms. The quantitative estimate of drug-likeness (QED) is 0.495. The van der Waals surface area contributed by atoms with Gasteiger partial charge in [0.2, 0.25) is 12.7 Å². The molecule has 5 rings (SSSR count). The van der Waals surface area contributed by atoms with Crippen molar-refractivity contribution >= 4 is 22.4 Å². The number of rotatable bonds is 6. The molecule has 2 aliphatic carbocycles. The van der Waals surface area contributed by atoms with Crippen LogP contribution in [0.1, 0.15) is 55.2 Å². The van der Waals surface area contributed by atoms with Crippen LogP contribution in [0.5, 0.6) is 11.5 Å². The van der Waals surface area contributed by atoms with E-state index in [1.54, 1.807) is 11.3 Å². The van der Waals surface area contributed by atoms with Gasteiger partial charge in [0.15, 0.2) is 16.6 Å². The molecule has 5 atom stereocenters. The Balaban J connectivity index is 1.39. The maximum Gasteiger partial charge on any atom is 0.231 e. The van der Waals surface area contributed by atoms with E-state index in [0.717, 1.165) is 39.9 Å². The Kier molecular flexibility index (Phi) is 5.98. The lowest BCUT2D eigenvalue weighted by atomic mass is 9.47. The second-order valence-corrected chi connectivity index (χ2v) is 11.4. The van der Waals surface area contributed by atoms with Crippen LogP contribution < -0.4 is 20.1 Å². The third kappa shape index (κ3) is 3.74. The Bertz CT molecular complexity index is 1090. The summed E-state index contributed by atoms with van der Waals surface area (Å²) < 4.78 is 10.8. The number of hydrogen-bond donors (Lipinski definition) is 4. The number of hydrogen-bond acceptors (Lipinski definition) is 8. The molecule has 0 radical (unpaired) electrons. The minimum atomic E-state index is -0.615. The number of anilines is 1. The van der Waals surface area contributed by atoms with Crippen molar-refractivity contribution in [3.05, 3.63) is 34.3 Å². The van der Waals surface area contributed by atoms with Crippen LogP contribution in [0.2, 0.25) is 0 Å². The Hall–Kier alpha value is -2.36. The van der Waals surface area contributed by atoms with Crippen molar-refractivity contribution in [1.29, 1.82) is 0 Å². The van der Waals surface area contributed by atoms with E-state index in [1.807, 2.05) is 32.2 Å². The number of benzene rings is 1. The van der Waals surface area contributed by atoms with Crippen LogP contribution >= 0.6 is 11.3 Å². The van der Waals surface area contributed by atoms with E-state index in [9.17, 15) is 15.0 Å². The van der Waals surface area contributed by atoms with E-state index in [2.05, 4.69) is 17.6 Å². The van der Waals surface area contributed by atoms with Gasteiger partial charge in [0.1, 0.15) is 0 Å². The number of carbonyl (C=O) groups is 1. The fraction of sp³-hybridized carbons (Fsp3) is 0.600. The van der Waals surface area contributed by atoms with Crippen molar-refractivity contribution in [3.63, 3.8) is 0 Å². The van der Waals surface area contributed by atoms with E-state index < -0.39 is 11.5 Å². The molecular formula is C25H33N3O5S. The number of aliphatic hydroxyl groups excluding tert-OH is 2.